The lowest BCUT2D eigenvalue weighted by Crippen LogP contribution is -3.13. The van der Waals surface area contributed by atoms with Crippen LogP contribution in [0.25, 0.3) is 0 Å². The van der Waals surface area contributed by atoms with E-state index in [0.717, 1.165) is 44.2 Å². The molecule has 1 aromatic heterocycles. The topological polar surface area (TPSA) is 76.6 Å². The van der Waals surface area contributed by atoms with Crippen molar-refractivity contribution in [3.05, 3.63) is 58.4 Å². The second-order valence-electron chi connectivity index (χ2n) is 5.39. The van der Waals surface area contributed by atoms with E-state index in [1.807, 2.05) is 12.1 Å². The Labute approximate surface area is 128 Å². The predicted octanol–water partition coefficient (Wildman–Crippen LogP) is 0.290. The number of benzene rings is 1. The molecule has 1 N–H and O–H groups in total. The third kappa shape index (κ3) is 3.37. The van der Waals surface area contributed by atoms with E-state index in [1.165, 1.54) is 11.0 Å². The third-order valence-corrected chi connectivity index (χ3v) is 3.88. The average molecular weight is 300 g/mol. The second-order valence-corrected chi connectivity index (χ2v) is 5.39. The van der Waals surface area contributed by atoms with Gasteiger partial charge >= 0.3 is 0 Å². The highest BCUT2D eigenvalue weighted by Gasteiger charge is 2.22. The summed E-state index contributed by atoms with van der Waals surface area (Å²) < 4.78 is 0. The summed E-state index contributed by atoms with van der Waals surface area (Å²) in [6, 6.07) is 8.71. The van der Waals surface area contributed by atoms with Crippen molar-refractivity contribution in [2.45, 2.75) is 6.54 Å². The molecule has 0 radical (unpaired) electrons. The summed E-state index contributed by atoms with van der Waals surface area (Å²) >= 11 is 0. The highest BCUT2D eigenvalue weighted by molar-refractivity contribution is 5.34. The lowest BCUT2D eigenvalue weighted by Gasteiger charge is -2.32. The Morgan fingerprint density at radius 1 is 1.18 bits per heavy atom. The van der Waals surface area contributed by atoms with Gasteiger partial charge in [-0.15, -0.1) is 0 Å². The van der Waals surface area contributed by atoms with Crippen LogP contribution in [0.1, 0.15) is 5.56 Å². The summed E-state index contributed by atoms with van der Waals surface area (Å²) in [5, 5.41) is 10.8. The highest BCUT2D eigenvalue weighted by atomic mass is 16.6. The third-order valence-electron chi connectivity index (χ3n) is 3.88. The number of hydrogen-bond donors (Lipinski definition) is 1. The fraction of sp³-hybridized carbons (Fsp3) is 0.333. The van der Waals surface area contributed by atoms with Crippen LogP contribution in [0.2, 0.25) is 0 Å². The van der Waals surface area contributed by atoms with Crippen LogP contribution in [0.5, 0.6) is 0 Å². The standard InChI is InChI=1S/C15H17N5O2/c21-20(22)14-4-1-3-13(11-14)12-18-7-9-19(10-8-18)15-16-5-2-6-17-15/h1-6,11H,7-10,12H2/p+1. The number of nitrogens with one attached hydrogen (secondary N) is 1. The van der Waals surface area contributed by atoms with E-state index in [1.54, 1.807) is 24.5 Å². The second kappa shape index (κ2) is 6.48. The Bertz CT molecular complexity index is 641. The molecule has 2 heterocycles. The van der Waals surface area contributed by atoms with Crippen LogP contribution in [0, 0.1) is 10.1 Å². The molecule has 1 fully saturated rings. The molecular formula is C15H18N5O2+. The van der Waals surface area contributed by atoms with Gasteiger partial charge < -0.3 is 9.80 Å². The van der Waals surface area contributed by atoms with Crippen LogP contribution in [0.4, 0.5) is 11.6 Å². The van der Waals surface area contributed by atoms with Gasteiger partial charge in [0.2, 0.25) is 5.95 Å². The summed E-state index contributed by atoms with van der Waals surface area (Å²) in [6.45, 7) is 4.55. The van der Waals surface area contributed by atoms with Crippen molar-refractivity contribution in [1.29, 1.82) is 0 Å². The molecule has 2 aromatic rings. The summed E-state index contributed by atoms with van der Waals surface area (Å²) in [6.07, 6.45) is 3.51. The minimum Gasteiger partial charge on any atom is -0.330 e. The first-order chi connectivity index (χ1) is 10.7. The number of aromatic nitrogens is 2. The molecule has 22 heavy (non-hydrogen) atoms. The molecule has 1 aliphatic rings. The first-order valence-electron chi connectivity index (χ1n) is 7.31. The number of rotatable bonds is 4. The van der Waals surface area contributed by atoms with E-state index >= 15 is 0 Å². The van der Waals surface area contributed by atoms with Crippen molar-refractivity contribution in [3.8, 4) is 0 Å². The largest absolute Gasteiger partial charge is 0.330 e. The van der Waals surface area contributed by atoms with Crippen LogP contribution in [-0.4, -0.2) is 41.1 Å². The number of piperazine rings is 1. The molecule has 0 saturated carbocycles. The van der Waals surface area contributed by atoms with Gasteiger partial charge in [0.25, 0.3) is 5.69 Å². The molecule has 1 aliphatic heterocycles. The first kappa shape index (κ1) is 14.4. The predicted molar refractivity (Wildman–Crippen MR) is 81.7 cm³/mol. The van der Waals surface area contributed by atoms with Gasteiger partial charge in [0, 0.05) is 30.1 Å². The van der Waals surface area contributed by atoms with Gasteiger partial charge in [0.15, 0.2) is 0 Å². The van der Waals surface area contributed by atoms with Crippen LogP contribution >= 0.6 is 0 Å². The quantitative estimate of drug-likeness (QED) is 0.649. The molecule has 0 amide bonds. The number of hydrogen-bond acceptors (Lipinski definition) is 5. The lowest BCUT2D eigenvalue weighted by atomic mass is 10.2. The smallest absolute Gasteiger partial charge is 0.269 e. The normalized spacial score (nSPS) is 15.7. The zero-order chi connectivity index (χ0) is 15.4. The number of quaternary nitrogens is 1. The lowest BCUT2D eigenvalue weighted by molar-refractivity contribution is -0.914. The number of anilines is 1. The molecule has 0 bridgehead atoms. The Kier molecular flexibility index (Phi) is 4.24. The zero-order valence-electron chi connectivity index (χ0n) is 12.2. The maximum Gasteiger partial charge on any atom is 0.269 e. The molecular weight excluding hydrogens is 282 g/mol. The Balaban J connectivity index is 1.58. The molecule has 0 atom stereocenters. The molecule has 7 nitrogen and oxygen atoms in total. The van der Waals surface area contributed by atoms with Gasteiger partial charge in [-0.2, -0.15) is 0 Å². The Hall–Kier alpha value is -2.54. The van der Waals surface area contributed by atoms with E-state index in [4.69, 9.17) is 0 Å². The van der Waals surface area contributed by atoms with Gasteiger partial charge in [-0.25, -0.2) is 9.97 Å². The van der Waals surface area contributed by atoms with Crippen LogP contribution < -0.4 is 9.80 Å². The molecule has 0 unspecified atom stereocenters. The highest BCUT2D eigenvalue weighted by Crippen LogP contribution is 2.12. The Morgan fingerprint density at radius 3 is 2.59 bits per heavy atom. The van der Waals surface area contributed by atoms with Crippen molar-refractivity contribution < 1.29 is 9.82 Å². The van der Waals surface area contributed by atoms with Gasteiger partial charge in [0.05, 0.1) is 31.1 Å². The molecule has 7 heteroatoms. The minimum atomic E-state index is -0.344. The maximum atomic E-state index is 10.8. The van der Waals surface area contributed by atoms with Gasteiger partial charge in [-0.05, 0) is 6.07 Å². The van der Waals surface area contributed by atoms with Crippen LogP contribution in [0.15, 0.2) is 42.7 Å². The number of nitrogens with zero attached hydrogens (tertiary/aromatic N) is 4. The summed E-state index contributed by atoms with van der Waals surface area (Å²) in [7, 11) is 0. The monoisotopic (exact) mass is 300 g/mol. The maximum absolute atomic E-state index is 10.8. The fourth-order valence-electron chi connectivity index (χ4n) is 2.72. The van der Waals surface area contributed by atoms with Crippen molar-refractivity contribution >= 4 is 11.6 Å². The molecule has 114 valence electrons. The minimum absolute atomic E-state index is 0.160. The summed E-state index contributed by atoms with van der Waals surface area (Å²) in [5.41, 5.74) is 1.17. The number of nitro groups is 1. The summed E-state index contributed by atoms with van der Waals surface area (Å²) in [4.78, 5) is 22.6. The first-order valence-corrected chi connectivity index (χ1v) is 7.31. The van der Waals surface area contributed by atoms with Gasteiger partial charge in [0.1, 0.15) is 6.54 Å². The van der Waals surface area contributed by atoms with E-state index in [9.17, 15) is 10.1 Å². The van der Waals surface area contributed by atoms with Crippen molar-refractivity contribution in [2.24, 2.45) is 0 Å². The zero-order valence-corrected chi connectivity index (χ0v) is 12.2. The van der Waals surface area contributed by atoms with Crippen LogP contribution in [0.3, 0.4) is 0 Å². The Morgan fingerprint density at radius 2 is 1.91 bits per heavy atom. The molecule has 3 rings (SSSR count). The van der Waals surface area contributed by atoms with Crippen LogP contribution in [-0.2, 0) is 6.54 Å². The van der Waals surface area contributed by atoms with Crippen molar-refractivity contribution in [1.82, 2.24) is 9.97 Å². The number of nitro benzene ring substituents is 1. The number of non-ortho nitro benzene ring substituents is 1. The van der Waals surface area contributed by atoms with E-state index in [0.29, 0.717) is 0 Å². The van der Waals surface area contributed by atoms with E-state index < -0.39 is 0 Å². The van der Waals surface area contributed by atoms with E-state index in [2.05, 4.69) is 14.9 Å². The van der Waals surface area contributed by atoms with Gasteiger partial charge in [-0.1, -0.05) is 12.1 Å². The fourth-order valence-corrected chi connectivity index (χ4v) is 2.72. The van der Waals surface area contributed by atoms with Gasteiger partial charge in [-0.3, -0.25) is 10.1 Å². The van der Waals surface area contributed by atoms with Crippen molar-refractivity contribution in [2.75, 3.05) is 31.1 Å². The van der Waals surface area contributed by atoms with Crippen molar-refractivity contribution in [3.63, 3.8) is 0 Å². The molecule has 0 aliphatic carbocycles. The SMILES string of the molecule is O=[N+]([O-])c1cccc(C[NH+]2CCN(c3ncccn3)CC2)c1. The average Bonchev–Trinajstić information content (AvgIpc) is 2.56. The molecule has 0 spiro atoms. The molecule has 1 aromatic carbocycles. The molecule has 1 saturated heterocycles. The summed E-state index contributed by atoms with van der Waals surface area (Å²) in [5.74, 6) is 0.775. The van der Waals surface area contributed by atoms with E-state index in [-0.39, 0.29) is 10.6 Å².